The molecule has 2 aromatic rings. The molecule has 112 valence electrons. The van der Waals surface area contributed by atoms with Crippen molar-refractivity contribution in [2.45, 2.75) is 39.2 Å². The molecule has 0 atom stereocenters. The molecule has 1 N–H and O–H groups in total. The summed E-state index contributed by atoms with van der Waals surface area (Å²) in [6, 6.07) is 7.87. The second kappa shape index (κ2) is 6.28. The van der Waals surface area contributed by atoms with Crippen LogP contribution in [0.25, 0.3) is 11.5 Å². The van der Waals surface area contributed by atoms with Crippen LogP contribution in [0.1, 0.15) is 38.5 Å². The minimum Gasteiger partial charge on any atom is -0.419 e. The van der Waals surface area contributed by atoms with E-state index in [4.69, 9.17) is 4.42 Å². The maximum absolute atomic E-state index is 5.74. The summed E-state index contributed by atoms with van der Waals surface area (Å²) < 4.78 is 6.70. The van der Waals surface area contributed by atoms with Crippen LogP contribution in [0.2, 0.25) is 0 Å². The summed E-state index contributed by atoms with van der Waals surface area (Å²) in [5.74, 6) is 1.21. The van der Waals surface area contributed by atoms with Crippen molar-refractivity contribution in [2.24, 2.45) is 5.41 Å². The number of benzene rings is 1. The first-order valence-electron chi connectivity index (χ1n) is 7.50. The summed E-state index contributed by atoms with van der Waals surface area (Å²) in [4.78, 5) is 0. The summed E-state index contributed by atoms with van der Waals surface area (Å²) in [6.45, 7) is 3.95. The van der Waals surface area contributed by atoms with Crippen molar-refractivity contribution in [3.8, 4) is 11.5 Å². The van der Waals surface area contributed by atoms with Crippen LogP contribution in [0.15, 0.2) is 33.2 Å². The average molecular weight is 350 g/mol. The normalized spacial score (nSPS) is 16.7. The topological polar surface area (TPSA) is 51.0 Å². The minimum atomic E-state index is 0.505. The molecule has 0 bridgehead atoms. The number of nitrogens with zero attached hydrogens (tertiary/aromatic N) is 2. The standard InChI is InChI=1S/C16H20BrN3O/c1-2-16(8-5-9-16)11-18-10-14-19-20-15(21-14)12-6-3-4-7-13(12)17/h3-4,6-7,18H,2,5,8-11H2,1H3. The molecule has 4 nitrogen and oxygen atoms in total. The van der Waals surface area contributed by atoms with Crippen molar-refractivity contribution < 1.29 is 4.42 Å². The molecule has 1 saturated carbocycles. The van der Waals surface area contributed by atoms with E-state index in [9.17, 15) is 0 Å². The van der Waals surface area contributed by atoms with Crippen molar-refractivity contribution in [2.75, 3.05) is 6.54 Å². The van der Waals surface area contributed by atoms with Gasteiger partial charge in [0, 0.05) is 11.0 Å². The van der Waals surface area contributed by atoms with E-state index in [0.29, 0.717) is 23.7 Å². The van der Waals surface area contributed by atoms with Gasteiger partial charge in [0.1, 0.15) is 0 Å². The maximum atomic E-state index is 5.74. The third-order valence-electron chi connectivity index (χ3n) is 4.51. The molecule has 0 aliphatic heterocycles. The van der Waals surface area contributed by atoms with Crippen LogP contribution in [-0.2, 0) is 6.54 Å². The van der Waals surface area contributed by atoms with Crippen LogP contribution >= 0.6 is 15.9 Å². The molecular weight excluding hydrogens is 330 g/mol. The number of hydrogen-bond donors (Lipinski definition) is 1. The summed E-state index contributed by atoms with van der Waals surface area (Å²) in [6.07, 6.45) is 5.28. The number of halogens is 1. The number of aromatic nitrogens is 2. The van der Waals surface area contributed by atoms with E-state index in [-0.39, 0.29) is 0 Å². The Morgan fingerprint density at radius 2 is 2.10 bits per heavy atom. The van der Waals surface area contributed by atoms with Crippen LogP contribution in [0.5, 0.6) is 0 Å². The van der Waals surface area contributed by atoms with E-state index in [1.165, 1.54) is 25.7 Å². The monoisotopic (exact) mass is 349 g/mol. The first-order valence-corrected chi connectivity index (χ1v) is 8.30. The first kappa shape index (κ1) is 14.7. The molecule has 1 heterocycles. The number of rotatable bonds is 6. The summed E-state index contributed by atoms with van der Waals surface area (Å²) >= 11 is 3.50. The zero-order valence-electron chi connectivity index (χ0n) is 12.2. The van der Waals surface area contributed by atoms with E-state index in [1.807, 2.05) is 24.3 Å². The third kappa shape index (κ3) is 3.19. The molecular formula is C16H20BrN3O. The van der Waals surface area contributed by atoms with Gasteiger partial charge >= 0.3 is 0 Å². The molecule has 0 spiro atoms. The minimum absolute atomic E-state index is 0.505. The summed E-state index contributed by atoms with van der Waals surface area (Å²) in [5, 5.41) is 11.7. The Hall–Kier alpha value is -1.20. The van der Waals surface area contributed by atoms with Crippen molar-refractivity contribution in [3.05, 3.63) is 34.6 Å². The molecule has 21 heavy (non-hydrogen) atoms. The van der Waals surface area contributed by atoms with Crippen molar-refractivity contribution in [1.82, 2.24) is 15.5 Å². The van der Waals surface area contributed by atoms with Gasteiger partial charge < -0.3 is 9.73 Å². The average Bonchev–Trinajstić information content (AvgIpc) is 2.91. The van der Waals surface area contributed by atoms with Crippen molar-refractivity contribution in [3.63, 3.8) is 0 Å². The zero-order chi connectivity index (χ0) is 14.7. The number of nitrogens with one attached hydrogen (secondary N) is 1. The lowest BCUT2D eigenvalue weighted by atomic mass is 9.67. The lowest BCUT2D eigenvalue weighted by molar-refractivity contribution is 0.122. The van der Waals surface area contributed by atoms with Gasteiger partial charge in [0.25, 0.3) is 0 Å². The maximum Gasteiger partial charge on any atom is 0.248 e. The van der Waals surface area contributed by atoms with Gasteiger partial charge in [-0.15, -0.1) is 10.2 Å². The molecule has 1 aliphatic rings. The highest BCUT2D eigenvalue weighted by Gasteiger charge is 2.34. The Labute approximate surface area is 133 Å². The Kier molecular flexibility index (Phi) is 4.40. The SMILES string of the molecule is CCC1(CNCc2nnc(-c3ccccc3Br)o2)CCC1. The molecule has 1 fully saturated rings. The molecule has 1 aromatic carbocycles. The lowest BCUT2D eigenvalue weighted by Gasteiger charge is -2.41. The zero-order valence-corrected chi connectivity index (χ0v) is 13.8. The van der Waals surface area contributed by atoms with E-state index < -0.39 is 0 Å². The van der Waals surface area contributed by atoms with E-state index >= 15 is 0 Å². The molecule has 0 unspecified atom stereocenters. The second-order valence-electron chi connectivity index (χ2n) is 5.79. The fraction of sp³-hybridized carbons (Fsp3) is 0.500. The predicted molar refractivity (Wildman–Crippen MR) is 85.7 cm³/mol. The smallest absolute Gasteiger partial charge is 0.248 e. The highest BCUT2D eigenvalue weighted by atomic mass is 79.9. The number of hydrogen-bond acceptors (Lipinski definition) is 4. The van der Waals surface area contributed by atoms with Crippen LogP contribution in [0.4, 0.5) is 0 Å². The van der Waals surface area contributed by atoms with Crippen LogP contribution < -0.4 is 5.32 Å². The van der Waals surface area contributed by atoms with Crippen LogP contribution in [-0.4, -0.2) is 16.7 Å². The third-order valence-corrected chi connectivity index (χ3v) is 5.20. The Bertz CT molecular complexity index is 602. The molecule has 1 aromatic heterocycles. The van der Waals surface area contributed by atoms with Gasteiger partial charge in [0.15, 0.2) is 0 Å². The Morgan fingerprint density at radius 1 is 1.29 bits per heavy atom. The molecule has 0 saturated heterocycles. The Balaban J connectivity index is 1.59. The van der Waals surface area contributed by atoms with Gasteiger partial charge in [-0.2, -0.15) is 0 Å². The molecule has 5 heteroatoms. The van der Waals surface area contributed by atoms with E-state index in [1.54, 1.807) is 0 Å². The van der Waals surface area contributed by atoms with Gasteiger partial charge in [-0.1, -0.05) is 25.5 Å². The van der Waals surface area contributed by atoms with Gasteiger partial charge in [0.2, 0.25) is 11.8 Å². The molecule has 3 rings (SSSR count). The van der Waals surface area contributed by atoms with Gasteiger partial charge in [-0.25, -0.2) is 0 Å². The van der Waals surface area contributed by atoms with Gasteiger partial charge in [0.05, 0.1) is 12.1 Å². The largest absolute Gasteiger partial charge is 0.419 e. The molecule has 0 amide bonds. The quantitative estimate of drug-likeness (QED) is 0.850. The first-order chi connectivity index (χ1) is 10.2. The van der Waals surface area contributed by atoms with Gasteiger partial charge in [-0.3, -0.25) is 0 Å². The second-order valence-corrected chi connectivity index (χ2v) is 6.65. The predicted octanol–water partition coefficient (Wildman–Crippen LogP) is 4.17. The Morgan fingerprint density at radius 3 is 2.76 bits per heavy atom. The van der Waals surface area contributed by atoms with Crippen molar-refractivity contribution in [1.29, 1.82) is 0 Å². The lowest BCUT2D eigenvalue weighted by Crippen LogP contribution is -2.39. The fourth-order valence-electron chi connectivity index (χ4n) is 2.84. The molecule has 1 aliphatic carbocycles. The summed E-state index contributed by atoms with van der Waals surface area (Å²) in [5.41, 5.74) is 1.44. The fourth-order valence-corrected chi connectivity index (χ4v) is 3.29. The van der Waals surface area contributed by atoms with Gasteiger partial charge in [-0.05, 0) is 52.7 Å². The van der Waals surface area contributed by atoms with Crippen LogP contribution in [0.3, 0.4) is 0 Å². The van der Waals surface area contributed by atoms with E-state index in [0.717, 1.165) is 16.6 Å². The van der Waals surface area contributed by atoms with E-state index in [2.05, 4.69) is 38.4 Å². The highest BCUT2D eigenvalue weighted by Crippen LogP contribution is 2.43. The molecule has 0 radical (unpaired) electrons. The van der Waals surface area contributed by atoms with Crippen LogP contribution in [0, 0.1) is 5.41 Å². The van der Waals surface area contributed by atoms with Crippen molar-refractivity contribution >= 4 is 15.9 Å². The highest BCUT2D eigenvalue weighted by molar-refractivity contribution is 9.10. The summed E-state index contributed by atoms with van der Waals surface area (Å²) in [7, 11) is 0.